The second-order valence-corrected chi connectivity index (χ2v) is 12.8. The van der Waals surface area contributed by atoms with Crippen molar-refractivity contribution in [1.29, 1.82) is 0 Å². The van der Waals surface area contributed by atoms with Gasteiger partial charge in [-0.25, -0.2) is 0 Å². The molecule has 0 radical (unpaired) electrons. The van der Waals surface area contributed by atoms with Crippen molar-refractivity contribution in [3.05, 3.63) is 87.9 Å². The van der Waals surface area contributed by atoms with Crippen molar-refractivity contribution in [2.45, 2.75) is 71.6 Å². The summed E-state index contributed by atoms with van der Waals surface area (Å²) in [6.45, 7) is 10.8. The number of piperidine rings is 1. The zero-order valence-corrected chi connectivity index (χ0v) is 28.1. The zero-order chi connectivity index (χ0) is 32.2. The molecule has 1 fully saturated rings. The van der Waals surface area contributed by atoms with Crippen molar-refractivity contribution in [3.8, 4) is 11.5 Å². The third-order valence-electron chi connectivity index (χ3n) is 9.49. The molecule has 1 saturated heterocycles. The first-order chi connectivity index (χ1) is 21.6. The third-order valence-corrected chi connectivity index (χ3v) is 9.74. The Labute approximate surface area is 273 Å². The molecule has 3 aromatic rings. The number of rotatable bonds is 10. The maximum Gasteiger partial charge on any atom is 0.232 e. The number of amides is 2. The van der Waals surface area contributed by atoms with Crippen molar-refractivity contribution in [2.24, 2.45) is 5.92 Å². The fourth-order valence-corrected chi connectivity index (χ4v) is 6.71. The van der Waals surface area contributed by atoms with E-state index in [0.29, 0.717) is 23.1 Å². The molecule has 2 unspecified atom stereocenters. The van der Waals surface area contributed by atoms with Gasteiger partial charge in [0.2, 0.25) is 11.8 Å². The number of halogens is 1. The first-order valence-electron chi connectivity index (χ1n) is 16.2. The summed E-state index contributed by atoms with van der Waals surface area (Å²) in [6.07, 6.45) is 2.91. The van der Waals surface area contributed by atoms with E-state index in [9.17, 15) is 9.59 Å². The summed E-state index contributed by atoms with van der Waals surface area (Å²) in [7, 11) is 3.74. The molecule has 0 N–H and O–H groups in total. The number of hydrogen-bond acceptors (Lipinski definition) is 5. The van der Waals surface area contributed by atoms with Crippen LogP contribution < -0.4 is 14.4 Å². The van der Waals surface area contributed by atoms with Gasteiger partial charge in [-0.3, -0.25) is 9.59 Å². The van der Waals surface area contributed by atoms with Gasteiger partial charge >= 0.3 is 0 Å². The molecule has 0 bridgehead atoms. The number of carbonyl (C=O) groups is 2. The largest absolute Gasteiger partial charge is 0.493 e. The Morgan fingerprint density at radius 1 is 1.00 bits per heavy atom. The van der Waals surface area contributed by atoms with Gasteiger partial charge in [-0.2, -0.15) is 0 Å². The Bertz CT molecular complexity index is 1480. The number of ether oxygens (including phenoxy) is 2. The van der Waals surface area contributed by atoms with E-state index in [0.717, 1.165) is 60.3 Å². The van der Waals surface area contributed by atoms with Gasteiger partial charge in [0.25, 0.3) is 0 Å². The average molecular weight is 632 g/mol. The zero-order valence-electron chi connectivity index (χ0n) is 27.4. The van der Waals surface area contributed by atoms with Crippen molar-refractivity contribution in [3.63, 3.8) is 0 Å². The fraction of sp³-hybridized carbons (Fsp3) is 0.459. The smallest absolute Gasteiger partial charge is 0.232 e. The van der Waals surface area contributed by atoms with Crippen molar-refractivity contribution >= 4 is 29.1 Å². The lowest BCUT2D eigenvalue weighted by atomic mass is 9.86. The molecular formula is C37H46ClN3O4. The van der Waals surface area contributed by atoms with E-state index in [1.54, 1.807) is 7.11 Å². The molecule has 2 heterocycles. The Hall–Kier alpha value is -3.55. The lowest BCUT2D eigenvalue weighted by Crippen LogP contribution is -2.42. The number of likely N-dealkylation sites (tertiary alicyclic amines) is 1. The minimum Gasteiger partial charge on any atom is -0.493 e. The number of benzene rings is 3. The van der Waals surface area contributed by atoms with Crippen LogP contribution in [0.15, 0.2) is 60.7 Å². The molecular weight excluding hydrogens is 586 g/mol. The molecule has 45 heavy (non-hydrogen) atoms. The van der Waals surface area contributed by atoms with Crippen LogP contribution in [0.5, 0.6) is 11.5 Å². The molecule has 0 spiro atoms. The monoisotopic (exact) mass is 631 g/mol. The van der Waals surface area contributed by atoms with Gasteiger partial charge in [-0.05, 0) is 119 Å². The summed E-state index contributed by atoms with van der Waals surface area (Å²) in [5, 5.41) is 0.636. The van der Waals surface area contributed by atoms with E-state index in [-0.39, 0.29) is 42.3 Å². The van der Waals surface area contributed by atoms with Crippen LogP contribution in [0.4, 0.5) is 5.69 Å². The quantitative estimate of drug-likeness (QED) is 0.233. The number of nitrogens with zero attached hydrogens (tertiary/aromatic N) is 3. The number of carbonyl (C=O) groups excluding carboxylic acids is 2. The van der Waals surface area contributed by atoms with Crippen molar-refractivity contribution < 1.29 is 19.1 Å². The topological polar surface area (TPSA) is 62.3 Å². The Morgan fingerprint density at radius 2 is 1.67 bits per heavy atom. The van der Waals surface area contributed by atoms with Crippen LogP contribution in [0.1, 0.15) is 81.3 Å². The molecule has 8 heteroatoms. The molecule has 5 rings (SSSR count). The Balaban J connectivity index is 1.49. The molecule has 7 nitrogen and oxygen atoms in total. The van der Waals surface area contributed by atoms with E-state index >= 15 is 0 Å². The second-order valence-electron chi connectivity index (χ2n) is 12.4. The van der Waals surface area contributed by atoms with Gasteiger partial charge in [0.1, 0.15) is 0 Å². The molecule has 0 saturated carbocycles. The van der Waals surface area contributed by atoms with Gasteiger partial charge in [-0.1, -0.05) is 42.8 Å². The first kappa shape index (κ1) is 32.8. The van der Waals surface area contributed by atoms with Crippen LogP contribution >= 0.6 is 11.6 Å². The highest BCUT2D eigenvalue weighted by Crippen LogP contribution is 2.44. The summed E-state index contributed by atoms with van der Waals surface area (Å²) < 4.78 is 12.0. The number of methoxy groups -OCH3 is 1. The van der Waals surface area contributed by atoms with Crippen LogP contribution in [0.25, 0.3) is 0 Å². The highest BCUT2D eigenvalue weighted by molar-refractivity contribution is 6.30. The Kier molecular flexibility index (Phi) is 10.4. The van der Waals surface area contributed by atoms with Crippen LogP contribution in [0, 0.1) is 5.92 Å². The molecule has 2 aliphatic rings. The summed E-state index contributed by atoms with van der Waals surface area (Å²) in [4.78, 5) is 33.6. The lowest BCUT2D eigenvalue weighted by Gasteiger charge is -2.38. The van der Waals surface area contributed by atoms with Crippen molar-refractivity contribution in [1.82, 2.24) is 9.80 Å². The molecule has 0 aliphatic carbocycles. The van der Waals surface area contributed by atoms with E-state index in [1.807, 2.05) is 72.2 Å². The van der Waals surface area contributed by atoms with E-state index in [4.69, 9.17) is 21.1 Å². The van der Waals surface area contributed by atoms with E-state index in [1.165, 1.54) is 0 Å². The number of fused-ring (bicyclic) bond motifs is 1. The minimum atomic E-state index is -0.384. The highest BCUT2D eigenvalue weighted by Gasteiger charge is 2.36. The molecule has 0 aromatic heterocycles. The van der Waals surface area contributed by atoms with Crippen LogP contribution in [-0.2, 0) is 16.0 Å². The van der Waals surface area contributed by atoms with E-state index < -0.39 is 0 Å². The summed E-state index contributed by atoms with van der Waals surface area (Å²) in [6, 6.07) is 19.3. The van der Waals surface area contributed by atoms with Gasteiger partial charge in [0.15, 0.2) is 11.5 Å². The summed E-state index contributed by atoms with van der Waals surface area (Å²) in [5.74, 6) is 1.59. The summed E-state index contributed by atoms with van der Waals surface area (Å²) in [5.41, 5.74) is 4.71. The molecule has 2 aliphatic heterocycles. The molecule has 2 amide bonds. The Morgan fingerprint density at radius 3 is 2.27 bits per heavy atom. The average Bonchev–Trinajstić information content (AvgIpc) is 3.05. The predicted molar refractivity (Wildman–Crippen MR) is 180 cm³/mol. The van der Waals surface area contributed by atoms with Gasteiger partial charge < -0.3 is 24.2 Å². The van der Waals surface area contributed by atoms with Crippen molar-refractivity contribution in [2.75, 3.05) is 38.7 Å². The van der Waals surface area contributed by atoms with Gasteiger partial charge in [-0.15, -0.1) is 0 Å². The second kappa shape index (κ2) is 14.3. The fourth-order valence-electron chi connectivity index (χ4n) is 6.58. The standard InChI is InChI=1S/C37H46ClN3O4/c1-7-24(3)45-34-23-32-29(21-33(34)44-6)22-35(42)41(36(32)27-9-13-30(38)14-10-27)31-15-11-26(12-16-31)25(4)40(8-2)37(43)28-17-19-39(5)20-18-28/h9-16,21,23-25,28,36H,7-8,17-20,22H2,1-6H3/t24-,25?,36?/m1/s1. The van der Waals surface area contributed by atoms with Crippen LogP contribution in [-0.4, -0.2) is 61.5 Å². The van der Waals surface area contributed by atoms with E-state index in [2.05, 4.69) is 37.9 Å². The predicted octanol–water partition coefficient (Wildman–Crippen LogP) is 7.46. The molecule has 3 aromatic carbocycles. The van der Waals surface area contributed by atoms with Crippen LogP contribution in [0.2, 0.25) is 5.02 Å². The number of anilines is 1. The lowest BCUT2D eigenvalue weighted by molar-refractivity contribution is -0.139. The van der Waals surface area contributed by atoms with Crippen LogP contribution in [0.3, 0.4) is 0 Å². The molecule has 240 valence electrons. The first-order valence-corrected chi connectivity index (χ1v) is 16.6. The highest BCUT2D eigenvalue weighted by atomic mass is 35.5. The maximum absolute atomic E-state index is 13.9. The third kappa shape index (κ3) is 7.00. The minimum absolute atomic E-state index is 0.00600. The SMILES string of the molecule is CC[C@@H](C)Oc1cc2c(cc1OC)CC(=O)N(c1ccc(C(C)N(CC)C(=O)C3CCN(C)CC3)cc1)C2c1ccc(Cl)cc1. The molecule has 3 atom stereocenters. The van der Waals surface area contributed by atoms with Gasteiger partial charge in [0, 0.05) is 23.2 Å². The maximum atomic E-state index is 13.9. The summed E-state index contributed by atoms with van der Waals surface area (Å²) >= 11 is 6.29. The number of hydrogen-bond donors (Lipinski definition) is 0. The normalized spacial score (nSPS) is 18.7. The van der Waals surface area contributed by atoms with Gasteiger partial charge in [0.05, 0.1) is 31.7 Å².